The SMILES string of the molecule is CN(C)c1ccc(/C=C/c2sc3ccccc3[n+]2CCC[n+]2c(/C=C/c3ccc(N(C)C)cc3)sc3ccccc32)cc1.[Br-].[Br-]. The minimum Gasteiger partial charge on any atom is -1.00 e. The lowest BCUT2D eigenvalue weighted by molar-refractivity contribution is -0.699. The average molecular weight is 763 g/mol. The molecule has 2 heterocycles. The topological polar surface area (TPSA) is 14.2 Å². The van der Waals surface area contributed by atoms with Crippen molar-refractivity contribution in [3.63, 3.8) is 0 Å². The fraction of sp³-hybridized carbons (Fsp3) is 0.189. The number of hydrogen-bond acceptors (Lipinski definition) is 4. The van der Waals surface area contributed by atoms with Gasteiger partial charge in [-0.25, -0.2) is 0 Å². The van der Waals surface area contributed by atoms with E-state index in [0.29, 0.717) is 0 Å². The van der Waals surface area contributed by atoms with Crippen molar-refractivity contribution in [1.82, 2.24) is 0 Å². The molecule has 4 aromatic carbocycles. The molecule has 0 fully saturated rings. The van der Waals surface area contributed by atoms with E-state index in [1.54, 1.807) is 0 Å². The number of halogens is 2. The van der Waals surface area contributed by atoms with Gasteiger partial charge in [0, 0.05) is 63.9 Å². The number of anilines is 2. The molecular weight excluding hydrogens is 724 g/mol. The van der Waals surface area contributed by atoms with Crippen LogP contribution in [0, 0.1) is 0 Å². The van der Waals surface area contributed by atoms with Crippen LogP contribution in [0.5, 0.6) is 0 Å². The number of para-hydroxylation sites is 2. The predicted octanol–water partition coefficient (Wildman–Crippen LogP) is 2.26. The first-order chi connectivity index (χ1) is 21.0. The van der Waals surface area contributed by atoms with Gasteiger partial charge < -0.3 is 43.8 Å². The summed E-state index contributed by atoms with van der Waals surface area (Å²) in [4.78, 5) is 4.26. The standard InChI is InChI=1S/C37H38N4S2.2BrH/c1-38(2)30-20-14-28(15-21-30)18-24-36-40(32-10-5-7-12-34(32)42-36)26-9-27-41-33-11-6-8-13-35(33)43-37(41)25-19-29-16-22-31(23-17-29)39(3)4;;/h5-8,10-25H,9,26-27H2,1-4H3;2*1H/q+2;;/p-2. The van der Waals surface area contributed by atoms with E-state index in [4.69, 9.17) is 0 Å². The number of nitrogens with zero attached hydrogens (tertiary/aromatic N) is 4. The zero-order valence-electron chi connectivity index (χ0n) is 26.0. The molecule has 0 N–H and O–H groups in total. The largest absolute Gasteiger partial charge is 1.00 e. The average Bonchev–Trinajstić information content (AvgIpc) is 3.57. The summed E-state index contributed by atoms with van der Waals surface area (Å²) in [5, 5.41) is 2.55. The molecule has 6 rings (SSSR count). The van der Waals surface area contributed by atoms with E-state index in [1.165, 1.54) is 53.0 Å². The number of aryl methyl sites for hydroxylation is 2. The Hall–Kier alpha value is -3.30. The summed E-state index contributed by atoms with van der Waals surface area (Å²) in [6.07, 6.45) is 10.1. The molecule has 0 radical (unpaired) electrons. The van der Waals surface area contributed by atoms with Crippen LogP contribution in [0.25, 0.3) is 44.7 Å². The highest BCUT2D eigenvalue weighted by Crippen LogP contribution is 2.25. The molecule has 4 nitrogen and oxygen atoms in total. The van der Waals surface area contributed by atoms with Crippen LogP contribution in [0.4, 0.5) is 11.4 Å². The minimum absolute atomic E-state index is 0. The van der Waals surface area contributed by atoms with Gasteiger partial charge in [0.15, 0.2) is 13.1 Å². The number of rotatable bonds is 10. The number of fused-ring (bicyclic) bond motifs is 2. The highest BCUT2D eigenvalue weighted by atomic mass is 79.9. The molecule has 45 heavy (non-hydrogen) atoms. The molecule has 2 aromatic heterocycles. The zero-order valence-corrected chi connectivity index (χ0v) is 30.8. The van der Waals surface area contributed by atoms with Crippen LogP contribution >= 0.6 is 22.7 Å². The number of thiazole rings is 2. The lowest BCUT2D eigenvalue weighted by Gasteiger charge is -2.11. The maximum atomic E-state index is 2.49. The molecular formula is C37H38Br2N4S2. The third-order valence-corrected chi connectivity index (χ3v) is 9.95. The second-order valence-electron chi connectivity index (χ2n) is 11.1. The highest BCUT2D eigenvalue weighted by Gasteiger charge is 2.22. The second-order valence-corrected chi connectivity index (χ2v) is 13.2. The van der Waals surface area contributed by atoms with Gasteiger partial charge in [-0.2, -0.15) is 9.13 Å². The van der Waals surface area contributed by atoms with Crippen LogP contribution in [-0.4, -0.2) is 28.2 Å². The fourth-order valence-corrected chi connectivity index (χ4v) is 7.49. The zero-order chi connectivity index (χ0) is 29.8. The van der Waals surface area contributed by atoms with Gasteiger partial charge in [-0.05, 0) is 59.7 Å². The fourth-order valence-electron chi connectivity index (χ4n) is 5.30. The van der Waals surface area contributed by atoms with Crippen molar-refractivity contribution in [2.75, 3.05) is 38.0 Å². The first-order valence-corrected chi connectivity index (χ1v) is 16.3. The lowest BCUT2D eigenvalue weighted by Crippen LogP contribution is -3.00. The van der Waals surface area contributed by atoms with Gasteiger partial charge in [-0.3, -0.25) is 0 Å². The number of benzene rings is 4. The van der Waals surface area contributed by atoms with Gasteiger partial charge in [0.2, 0.25) is 11.0 Å². The smallest absolute Gasteiger partial charge is 0.262 e. The molecule has 0 bridgehead atoms. The summed E-state index contributed by atoms with van der Waals surface area (Å²) in [6, 6.07) is 35.0. The lowest BCUT2D eigenvalue weighted by atomic mass is 10.2. The van der Waals surface area contributed by atoms with Crippen molar-refractivity contribution in [2.24, 2.45) is 0 Å². The minimum atomic E-state index is 0. The van der Waals surface area contributed by atoms with Crippen LogP contribution in [0.15, 0.2) is 97.1 Å². The summed E-state index contributed by atoms with van der Waals surface area (Å²) < 4.78 is 7.62. The molecule has 0 aliphatic carbocycles. The molecule has 0 saturated carbocycles. The van der Waals surface area contributed by atoms with Crippen LogP contribution < -0.4 is 52.9 Å². The van der Waals surface area contributed by atoms with Crippen LogP contribution in [0.1, 0.15) is 27.6 Å². The normalized spacial score (nSPS) is 11.3. The Labute approximate surface area is 295 Å². The third-order valence-electron chi connectivity index (χ3n) is 7.69. The van der Waals surface area contributed by atoms with Crippen molar-refractivity contribution in [3.8, 4) is 0 Å². The van der Waals surface area contributed by atoms with E-state index in [2.05, 4.69) is 168 Å². The van der Waals surface area contributed by atoms with Gasteiger partial charge in [0.05, 0.1) is 6.42 Å². The predicted molar refractivity (Wildman–Crippen MR) is 188 cm³/mol. The van der Waals surface area contributed by atoms with E-state index in [1.807, 2.05) is 22.7 Å². The van der Waals surface area contributed by atoms with Gasteiger partial charge >= 0.3 is 0 Å². The number of hydrogen-bond donors (Lipinski definition) is 0. The summed E-state index contributed by atoms with van der Waals surface area (Å²) in [7, 11) is 8.30. The maximum absolute atomic E-state index is 2.49. The van der Waals surface area contributed by atoms with Gasteiger partial charge in [-0.1, -0.05) is 71.2 Å². The van der Waals surface area contributed by atoms with Crippen LogP contribution in [0.3, 0.4) is 0 Å². The molecule has 0 unspecified atom stereocenters. The first kappa shape index (κ1) is 34.6. The third kappa shape index (κ3) is 8.11. The van der Waals surface area contributed by atoms with E-state index < -0.39 is 0 Å². The molecule has 0 atom stereocenters. The second kappa shape index (κ2) is 15.8. The Kier molecular flexibility index (Phi) is 12.1. The van der Waals surface area contributed by atoms with Crippen molar-refractivity contribution in [1.29, 1.82) is 0 Å². The Morgan fingerprint density at radius 1 is 0.511 bits per heavy atom. The van der Waals surface area contributed by atoms with Crippen molar-refractivity contribution in [2.45, 2.75) is 19.5 Å². The Morgan fingerprint density at radius 3 is 1.27 bits per heavy atom. The Bertz CT molecular complexity index is 1760. The maximum Gasteiger partial charge on any atom is 0.262 e. The van der Waals surface area contributed by atoms with E-state index >= 15 is 0 Å². The van der Waals surface area contributed by atoms with E-state index in [0.717, 1.165) is 19.5 Å². The monoisotopic (exact) mass is 760 g/mol. The van der Waals surface area contributed by atoms with Gasteiger partial charge in [-0.15, -0.1) is 0 Å². The van der Waals surface area contributed by atoms with E-state index in [9.17, 15) is 0 Å². The van der Waals surface area contributed by atoms with Crippen LogP contribution in [0.2, 0.25) is 0 Å². The first-order valence-electron chi connectivity index (χ1n) is 14.7. The summed E-state index contributed by atoms with van der Waals surface area (Å²) in [6.45, 7) is 1.91. The molecule has 0 aliphatic rings. The molecule has 0 spiro atoms. The van der Waals surface area contributed by atoms with E-state index in [-0.39, 0.29) is 34.0 Å². The molecule has 6 aromatic rings. The quantitative estimate of drug-likeness (QED) is 0.199. The molecule has 0 saturated heterocycles. The van der Waals surface area contributed by atoms with Crippen molar-refractivity contribution in [3.05, 3.63) is 118 Å². The van der Waals surface area contributed by atoms with Gasteiger partial charge in [0.25, 0.3) is 10.0 Å². The van der Waals surface area contributed by atoms with Crippen molar-refractivity contribution >= 4 is 78.8 Å². The number of aromatic nitrogens is 2. The molecule has 0 amide bonds. The highest BCUT2D eigenvalue weighted by molar-refractivity contribution is 7.19. The van der Waals surface area contributed by atoms with Gasteiger partial charge in [0.1, 0.15) is 9.40 Å². The summed E-state index contributed by atoms with van der Waals surface area (Å²) >= 11 is 3.72. The van der Waals surface area contributed by atoms with Crippen LogP contribution in [-0.2, 0) is 13.1 Å². The summed E-state index contributed by atoms with van der Waals surface area (Å²) in [5.74, 6) is 0. The van der Waals surface area contributed by atoms with Crippen molar-refractivity contribution < 1.29 is 43.1 Å². The summed E-state index contributed by atoms with van der Waals surface area (Å²) in [5.41, 5.74) is 7.45. The Balaban J connectivity index is 0.00000230. The Morgan fingerprint density at radius 2 is 0.889 bits per heavy atom. The molecule has 232 valence electrons. The molecule has 0 aliphatic heterocycles. The molecule has 8 heteroatoms.